The number of thioether (sulfide) groups is 1. The lowest BCUT2D eigenvalue weighted by atomic mass is 9.97. The number of hydrogen-bond acceptors (Lipinski definition) is 9. The van der Waals surface area contributed by atoms with Crippen molar-refractivity contribution in [3.8, 4) is 17.3 Å². The molecule has 184 valence electrons. The Morgan fingerprint density at radius 2 is 2.00 bits per heavy atom. The van der Waals surface area contributed by atoms with Crippen LogP contribution >= 0.6 is 23.4 Å². The van der Waals surface area contributed by atoms with Crippen molar-refractivity contribution in [1.29, 1.82) is 5.26 Å². The van der Waals surface area contributed by atoms with Gasteiger partial charge in [-0.3, -0.25) is 0 Å². The van der Waals surface area contributed by atoms with Crippen LogP contribution in [0.4, 0.5) is 13.2 Å². The number of halogens is 4. The van der Waals surface area contributed by atoms with E-state index in [1.807, 2.05) is 6.07 Å². The molecule has 0 bridgehead atoms. The number of hydrogen-bond donors (Lipinski definition) is 2. The fraction of sp³-hybridized carbons (Fsp3) is 0.333. The smallest absolute Gasteiger partial charge is 0.194 e. The van der Waals surface area contributed by atoms with E-state index >= 15 is 0 Å². The number of aromatic nitrogens is 4. The predicted octanol–water partition coefficient (Wildman–Crippen LogP) is 2.71. The molecule has 0 radical (unpaired) electrons. The summed E-state index contributed by atoms with van der Waals surface area (Å²) >= 11 is 7.20. The van der Waals surface area contributed by atoms with Crippen molar-refractivity contribution >= 4 is 23.4 Å². The van der Waals surface area contributed by atoms with Crippen molar-refractivity contribution in [2.24, 2.45) is 0 Å². The number of aliphatic hydroxyl groups excluding tert-OH is 2. The Morgan fingerprint density at radius 1 is 1.29 bits per heavy atom. The molecule has 3 aromatic rings. The molecule has 3 heterocycles. The number of pyridine rings is 1. The van der Waals surface area contributed by atoms with E-state index in [4.69, 9.17) is 26.3 Å². The molecule has 4 rings (SSSR count). The van der Waals surface area contributed by atoms with Gasteiger partial charge in [0.1, 0.15) is 41.6 Å². The first-order valence-corrected chi connectivity index (χ1v) is 11.3. The van der Waals surface area contributed by atoms with Crippen LogP contribution < -0.4 is 0 Å². The highest BCUT2D eigenvalue weighted by molar-refractivity contribution is 7.99. The minimum absolute atomic E-state index is 0.0178. The SMILES string of the molecule is COC1C(n2cc(-c3cc(F)c(F)c(F)c3)nn2)[C@@H](O)C(CO)O[C@@H]1Sc1cnc(C#N)c(Cl)c1. The van der Waals surface area contributed by atoms with Crippen LogP contribution in [-0.2, 0) is 9.47 Å². The van der Waals surface area contributed by atoms with Gasteiger partial charge in [-0.25, -0.2) is 22.8 Å². The number of rotatable bonds is 6. The van der Waals surface area contributed by atoms with E-state index in [-0.39, 0.29) is 22.0 Å². The maximum absolute atomic E-state index is 13.7. The number of benzene rings is 1. The monoisotopic (exact) mass is 527 g/mol. The van der Waals surface area contributed by atoms with E-state index in [1.54, 1.807) is 0 Å². The van der Waals surface area contributed by atoms with Gasteiger partial charge in [0, 0.05) is 23.8 Å². The third kappa shape index (κ3) is 4.99. The van der Waals surface area contributed by atoms with Crippen molar-refractivity contribution in [2.45, 2.75) is 34.7 Å². The zero-order valence-electron chi connectivity index (χ0n) is 17.8. The second kappa shape index (κ2) is 10.5. The first-order chi connectivity index (χ1) is 16.8. The van der Waals surface area contributed by atoms with E-state index in [1.165, 1.54) is 30.3 Å². The van der Waals surface area contributed by atoms with Crippen LogP contribution in [0.25, 0.3) is 11.3 Å². The van der Waals surface area contributed by atoms with Gasteiger partial charge >= 0.3 is 0 Å². The van der Waals surface area contributed by atoms with Gasteiger partial charge in [0.05, 0.1) is 17.8 Å². The van der Waals surface area contributed by atoms with Crippen molar-refractivity contribution in [3.05, 3.63) is 58.8 Å². The Morgan fingerprint density at radius 3 is 2.60 bits per heavy atom. The summed E-state index contributed by atoms with van der Waals surface area (Å²) in [6.07, 6.45) is -0.471. The zero-order valence-corrected chi connectivity index (χ0v) is 19.4. The van der Waals surface area contributed by atoms with Crippen molar-refractivity contribution in [2.75, 3.05) is 13.7 Å². The zero-order chi connectivity index (χ0) is 25.3. The normalized spacial score (nSPS) is 24.3. The molecule has 1 saturated heterocycles. The average molecular weight is 528 g/mol. The van der Waals surface area contributed by atoms with E-state index in [2.05, 4.69) is 15.3 Å². The largest absolute Gasteiger partial charge is 0.394 e. The molecule has 0 amide bonds. The van der Waals surface area contributed by atoms with Crippen molar-refractivity contribution in [1.82, 2.24) is 20.0 Å². The molecular formula is C21H17ClF3N5O4S. The molecule has 0 spiro atoms. The summed E-state index contributed by atoms with van der Waals surface area (Å²) in [4.78, 5) is 4.51. The van der Waals surface area contributed by atoms with Crippen LogP contribution in [0.1, 0.15) is 11.7 Å². The highest BCUT2D eigenvalue weighted by atomic mass is 35.5. The number of nitrogens with zero attached hydrogens (tertiary/aromatic N) is 5. The summed E-state index contributed by atoms with van der Waals surface area (Å²) in [5.41, 5.74) is -0.797. The lowest BCUT2D eigenvalue weighted by Crippen LogP contribution is -2.55. The Bertz CT molecular complexity index is 1250. The standard InChI is InChI=1S/C21H17ClF3N5O4S/c1-33-20-18(30-7-15(28-29-30)9-2-12(23)17(25)13(24)3-9)19(32)16(8-31)34-21(20)35-10-4-11(22)14(5-26)27-6-10/h2-4,6-7,16,18-21,31-32H,8H2,1H3/t16?,18?,19-,20?,21+/m0/s1. The summed E-state index contributed by atoms with van der Waals surface area (Å²) in [5, 5.41) is 37.7. The Hall–Kier alpha value is -2.73. The van der Waals surface area contributed by atoms with Gasteiger partial charge in [-0.15, -0.1) is 5.10 Å². The van der Waals surface area contributed by atoms with E-state index in [0.29, 0.717) is 4.90 Å². The van der Waals surface area contributed by atoms with E-state index in [9.17, 15) is 23.4 Å². The molecule has 3 unspecified atom stereocenters. The molecule has 35 heavy (non-hydrogen) atoms. The summed E-state index contributed by atoms with van der Waals surface area (Å²) < 4.78 is 53.4. The summed E-state index contributed by atoms with van der Waals surface area (Å²) in [5.74, 6) is -4.38. The van der Waals surface area contributed by atoms with Gasteiger partial charge < -0.3 is 19.7 Å². The van der Waals surface area contributed by atoms with E-state index in [0.717, 1.165) is 23.9 Å². The highest BCUT2D eigenvalue weighted by Crippen LogP contribution is 2.40. The van der Waals surface area contributed by atoms with Gasteiger partial charge in [-0.05, 0) is 18.2 Å². The average Bonchev–Trinajstić information content (AvgIpc) is 3.32. The van der Waals surface area contributed by atoms with Gasteiger partial charge in [-0.2, -0.15) is 5.26 Å². The molecule has 1 fully saturated rings. The van der Waals surface area contributed by atoms with Crippen LogP contribution in [0.15, 0.2) is 35.5 Å². The third-order valence-corrected chi connectivity index (χ3v) is 6.76. The number of methoxy groups -OCH3 is 1. The van der Waals surface area contributed by atoms with Crippen LogP contribution in [0, 0.1) is 28.8 Å². The Labute approximate surface area is 206 Å². The summed E-state index contributed by atoms with van der Waals surface area (Å²) in [7, 11) is 1.38. The minimum Gasteiger partial charge on any atom is -0.394 e. The van der Waals surface area contributed by atoms with Gasteiger partial charge in [0.15, 0.2) is 23.1 Å². The van der Waals surface area contributed by atoms with Crippen LogP contribution in [-0.4, -0.2) is 67.7 Å². The Kier molecular flexibility index (Phi) is 7.60. The van der Waals surface area contributed by atoms with Gasteiger partial charge in [0.2, 0.25) is 0 Å². The van der Waals surface area contributed by atoms with Crippen LogP contribution in [0.2, 0.25) is 5.02 Å². The molecule has 2 N–H and O–H groups in total. The first-order valence-electron chi connectivity index (χ1n) is 10.0. The number of aliphatic hydroxyl groups is 2. The first kappa shape index (κ1) is 25.4. The fourth-order valence-electron chi connectivity index (χ4n) is 3.67. The third-order valence-electron chi connectivity index (χ3n) is 5.37. The van der Waals surface area contributed by atoms with Crippen molar-refractivity contribution < 1.29 is 32.9 Å². The topological polar surface area (TPSA) is 126 Å². The molecule has 0 aliphatic carbocycles. The second-order valence-corrected chi connectivity index (χ2v) is 9.05. The highest BCUT2D eigenvalue weighted by Gasteiger charge is 2.47. The van der Waals surface area contributed by atoms with Gasteiger partial charge in [0.25, 0.3) is 0 Å². The predicted molar refractivity (Wildman–Crippen MR) is 117 cm³/mol. The fourth-order valence-corrected chi connectivity index (χ4v) is 5.11. The van der Waals surface area contributed by atoms with Crippen molar-refractivity contribution in [3.63, 3.8) is 0 Å². The number of ether oxygens (including phenoxy) is 2. The molecule has 1 aliphatic heterocycles. The van der Waals surface area contributed by atoms with Gasteiger partial charge in [-0.1, -0.05) is 28.6 Å². The quantitative estimate of drug-likeness (QED) is 0.465. The lowest BCUT2D eigenvalue weighted by molar-refractivity contribution is -0.186. The Balaban J connectivity index is 1.67. The maximum Gasteiger partial charge on any atom is 0.194 e. The summed E-state index contributed by atoms with van der Waals surface area (Å²) in [6, 6.07) is 3.99. The maximum atomic E-state index is 13.7. The van der Waals surface area contributed by atoms with Crippen LogP contribution in [0.5, 0.6) is 0 Å². The lowest BCUT2D eigenvalue weighted by Gasteiger charge is -2.43. The summed E-state index contributed by atoms with van der Waals surface area (Å²) in [6.45, 7) is -0.534. The van der Waals surface area contributed by atoms with E-state index < -0.39 is 53.8 Å². The molecule has 0 saturated carbocycles. The van der Waals surface area contributed by atoms with Crippen LogP contribution in [0.3, 0.4) is 0 Å². The minimum atomic E-state index is -1.61. The molecular weight excluding hydrogens is 511 g/mol. The molecule has 5 atom stereocenters. The molecule has 14 heteroatoms. The number of nitriles is 1. The molecule has 1 aliphatic rings. The molecule has 1 aromatic carbocycles. The molecule has 2 aromatic heterocycles. The molecule has 9 nitrogen and oxygen atoms in total. The second-order valence-electron chi connectivity index (χ2n) is 7.48.